The summed E-state index contributed by atoms with van der Waals surface area (Å²) in [5.74, 6) is 6.05. The molecule has 2 unspecified atom stereocenters. The molecule has 5 saturated carbocycles. The molecule has 0 radical (unpaired) electrons. The van der Waals surface area contributed by atoms with Crippen LogP contribution < -0.4 is 5.32 Å². The van der Waals surface area contributed by atoms with Crippen molar-refractivity contribution in [1.29, 1.82) is 0 Å². The smallest absolute Gasteiger partial charge is 0.223 e. The lowest BCUT2D eigenvalue weighted by molar-refractivity contribution is -0.138. The first kappa shape index (κ1) is 14.4. The third kappa shape index (κ3) is 2.62. The number of carbonyl (C=O) groups excluding carboxylic acids is 1. The zero-order valence-electron chi connectivity index (χ0n) is 12.9. The Balaban J connectivity index is 1.35. The van der Waals surface area contributed by atoms with Crippen LogP contribution in [0.25, 0.3) is 0 Å². The summed E-state index contributed by atoms with van der Waals surface area (Å²) in [5.41, 5.74) is 0. The number of amides is 1. The van der Waals surface area contributed by atoms with E-state index in [2.05, 4.69) is 5.32 Å². The summed E-state index contributed by atoms with van der Waals surface area (Å²) in [4.78, 5) is 12.7. The van der Waals surface area contributed by atoms with Gasteiger partial charge in [-0.1, -0.05) is 6.42 Å². The average Bonchev–Trinajstić information content (AvgIpc) is 2.91. The lowest BCUT2D eigenvalue weighted by atomic mass is 9.51. The molecular weight excluding hydrogens is 282 g/mol. The predicted molar refractivity (Wildman–Crippen MR) is 85.1 cm³/mol. The minimum atomic E-state index is 0.341. The van der Waals surface area contributed by atoms with Gasteiger partial charge in [0, 0.05) is 18.3 Å². The van der Waals surface area contributed by atoms with Gasteiger partial charge in [-0.05, 0) is 80.5 Å². The molecule has 2 nitrogen and oxygen atoms in total. The predicted octanol–water partition coefficient (Wildman–Crippen LogP) is 3.83. The van der Waals surface area contributed by atoms with Gasteiger partial charge in [0.15, 0.2) is 0 Å². The summed E-state index contributed by atoms with van der Waals surface area (Å²) in [7, 11) is 0. The lowest BCUT2D eigenvalue weighted by Crippen LogP contribution is -2.51. The van der Waals surface area contributed by atoms with E-state index in [1.807, 2.05) is 0 Å². The summed E-state index contributed by atoms with van der Waals surface area (Å²) in [6, 6.07) is 0. The van der Waals surface area contributed by atoms with Crippen molar-refractivity contribution in [2.24, 2.45) is 41.4 Å². The topological polar surface area (TPSA) is 29.1 Å². The Labute approximate surface area is 133 Å². The number of alkyl halides is 1. The van der Waals surface area contributed by atoms with Gasteiger partial charge >= 0.3 is 0 Å². The summed E-state index contributed by atoms with van der Waals surface area (Å²) in [6.07, 6.45) is 10.6. The third-order valence-corrected chi connectivity index (χ3v) is 7.48. The molecule has 0 aromatic carbocycles. The van der Waals surface area contributed by atoms with Gasteiger partial charge < -0.3 is 5.32 Å². The molecule has 1 amide bonds. The highest BCUT2D eigenvalue weighted by Crippen LogP contribution is 2.56. The molecule has 2 atom stereocenters. The van der Waals surface area contributed by atoms with E-state index in [0.717, 1.165) is 24.3 Å². The molecule has 0 heterocycles. The SMILES string of the molecule is O=C(NCC1CCCC1CCl)C1C2CC3CC(C2)CC1C3. The fourth-order valence-electron chi connectivity index (χ4n) is 6.29. The fraction of sp³-hybridized carbons (Fsp3) is 0.944. The molecule has 0 aliphatic heterocycles. The molecule has 3 heteroatoms. The van der Waals surface area contributed by atoms with Crippen molar-refractivity contribution < 1.29 is 4.79 Å². The highest BCUT2D eigenvalue weighted by atomic mass is 35.5. The molecule has 5 fully saturated rings. The molecule has 4 bridgehead atoms. The number of nitrogens with one attached hydrogen (secondary N) is 1. The van der Waals surface area contributed by atoms with Gasteiger partial charge in [-0.3, -0.25) is 4.79 Å². The van der Waals surface area contributed by atoms with Gasteiger partial charge in [-0.2, -0.15) is 0 Å². The van der Waals surface area contributed by atoms with Gasteiger partial charge in [-0.15, -0.1) is 11.6 Å². The number of carbonyl (C=O) groups is 1. The van der Waals surface area contributed by atoms with Crippen LogP contribution >= 0.6 is 11.6 Å². The summed E-state index contributed by atoms with van der Waals surface area (Å²) >= 11 is 6.05. The first-order chi connectivity index (χ1) is 10.2. The van der Waals surface area contributed by atoms with Crippen molar-refractivity contribution in [3.63, 3.8) is 0 Å². The molecule has 21 heavy (non-hydrogen) atoms. The fourth-order valence-corrected chi connectivity index (χ4v) is 6.69. The lowest BCUT2D eigenvalue weighted by Gasteiger charge is -2.53. The minimum Gasteiger partial charge on any atom is -0.356 e. The van der Waals surface area contributed by atoms with Crippen molar-refractivity contribution in [3.05, 3.63) is 0 Å². The van der Waals surface area contributed by atoms with Gasteiger partial charge in [0.2, 0.25) is 5.91 Å². The Morgan fingerprint density at radius 3 is 2.19 bits per heavy atom. The largest absolute Gasteiger partial charge is 0.356 e. The van der Waals surface area contributed by atoms with Crippen LogP contribution in [0.4, 0.5) is 0 Å². The molecule has 5 aliphatic rings. The van der Waals surface area contributed by atoms with Crippen LogP contribution in [0.3, 0.4) is 0 Å². The quantitative estimate of drug-likeness (QED) is 0.786. The maximum absolute atomic E-state index is 12.7. The van der Waals surface area contributed by atoms with E-state index in [4.69, 9.17) is 11.6 Å². The van der Waals surface area contributed by atoms with Crippen molar-refractivity contribution >= 4 is 17.5 Å². The summed E-state index contributed by atoms with van der Waals surface area (Å²) in [6.45, 7) is 0.874. The van der Waals surface area contributed by atoms with Crippen molar-refractivity contribution in [3.8, 4) is 0 Å². The first-order valence-electron chi connectivity index (χ1n) is 9.08. The second kappa shape index (κ2) is 5.76. The second-order valence-electron chi connectivity index (χ2n) is 8.31. The Kier molecular flexibility index (Phi) is 3.94. The summed E-state index contributed by atoms with van der Waals surface area (Å²) in [5, 5.41) is 3.32. The minimum absolute atomic E-state index is 0.341. The zero-order chi connectivity index (χ0) is 14.4. The van der Waals surface area contributed by atoms with Crippen molar-refractivity contribution in [2.45, 2.75) is 51.4 Å². The molecule has 118 valence electrons. The molecular formula is C18H28ClNO. The standard InChI is InChI=1S/C18H28ClNO/c19-9-13-2-1-3-14(13)10-20-18(21)17-15-5-11-4-12(7-15)8-16(17)6-11/h11-17H,1-10H2,(H,20,21). The van der Waals surface area contributed by atoms with Gasteiger partial charge in [0.1, 0.15) is 0 Å². The number of hydrogen-bond acceptors (Lipinski definition) is 1. The Morgan fingerprint density at radius 2 is 1.57 bits per heavy atom. The molecule has 1 N–H and O–H groups in total. The van der Waals surface area contributed by atoms with Crippen LogP contribution in [-0.2, 0) is 4.79 Å². The van der Waals surface area contributed by atoms with Crippen LogP contribution in [0, 0.1) is 41.4 Å². The van der Waals surface area contributed by atoms with Gasteiger partial charge in [0.25, 0.3) is 0 Å². The van der Waals surface area contributed by atoms with E-state index in [0.29, 0.717) is 35.5 Å². The van der Waals surface area contributed by atoms with Gasteiger partial charge in [0.05, 0.1) is 0 Å². The number of hydrogen-bond donors (Lipinski definition) is 1. The molecule has 5 rings (SSSR count). The van der Waals surface area contributed by atoms with E-state index in [-0.39, 0.29) is 0 Å². The van der Waals surface area contributed by atoms with E-state index in [9.17, 15) is 4.79 Å². The Hall–Kier alpha value is -0.240. The van der Waals surface area contributed by atoms with Crippen LogP contribution in [0.2, 0.25) is 0 Å². The van der Waals surface area contributed by atoms with Crippen molar-refractivity contribution in [2.75, 3.05) is 12.4 Å². The molecule has 0 aromatic heterocycles. The normalized spacial score (nSPS) is 47.8. The maximum Gasteiger partial charge on any atom is 0.223 e. The highest BCUT2D eigenvalue weighted by Gasteiger charge is 2.50. The number of rotatable bonds is 4. The molecule has 0 saturated heterocycles. The van der Waals surface area contributed by atoms with Crippen LogP contribution in [0.5, 0.6) is 0 Å². The van der Waals surface area contributed by atoms with E-state index < -0.39 is 0 Å². The van der Waals surface area contributed by atoms with E-state index >= 15 is 0 Å². The van der Waals surface area contributed by atoms with Crippen LogP contribution in [0.15, 0.2) is 0 Å². The van der Waals surface area contributed by atoms with E-state index in [1.165, 1.54) is 51.4 Å². The average molecular weight is 310 g/mol. The van der Waals surface area contributed by atoms with Crippen LogP contribution in [0.1, 0.15) is 51.4 Å². The molecule has 5 aliphatic carbocycles. The first-order valence-corrected chi connectivity index (χ1v) is 9.61. The highest BCUT2D eigenvalue weighted by molar-refractivity contribution is 6.18. The van der Waals surface area contributed by atoms with Crippen LogP contribution in [-0.4, -0.2) is 18.3 Å². The Morgan fingerprint density at radius 1 is 0.952 bits per heavy atom. The number of halogens is 1. The molecule has 0 spiro atoms. The second-order valence-corrected chi connectivity index (χ2v) is 8.62. The van der Waals surface area contributed by atoms with Crippen molar-refractivity contribution in [1.82, 2.24) is 5.32 Å². The maximum atomic E-state index is 12.7. The van der Waals surface area contributed by atoms with E-state index in [1.54, 1.807) is 0 Å². The van der Waals surface area contributed by atoms with Gasteiger partial charge in [-0.25, -0.2) is 0 Å². The third-order valence-electron chi connectivity index (χ3n) is 7.08. The monoisotopic (exact) mass is 309 g/mol. The Bertz CT molecular complexity index is 382. The zero-order valence-corrected chi connectivity index (χ0v) is 13.7. The molecule has 0 aromatic rings. The summed E-state index contributed by atoms with van der Waals surface area (Å²) < 4.78 is 0.